The van der Waals surface area contributed by atoms with Gasteiger partial charge in [0.1, 0.15) is 0 Å². The molecule has 0 atom stereocenters. The average molecular weight is 326 g/mol. The summed E-state index contributed by atoms with van der Waals surface area (Å²) in [6, 6.07) is 12.8. The van der Waals surface area contributed by atoms with E-state index in [9.17, 15) is 9.59 Å². The molecule has 0 aromatic heterocycles. The van der Waals surface area contributed by atoms with E-state index in [1.54, 1.807) is 18.2 Å². The van der Waals surface area contributed by atoms with Crippen LogP contribution in [0.2, 0.25) is 0 Å². The Morgan fingerprint density at radius 3 is 2.54 bits per heavy atom. The van der Waals surface area contributed by atoms with Crippen LogP contribution in [0.1, 0.15) is 30.0 Å². The van der Waals surface area contributed by atoms with Gasteiger partial charge in [0.15, 0.2) is 0 Å². The van der Waals surface area contributed by atoms with E-state index < -0.39 is 5.97 Å². The maximum absolute atomic E-state index is 12.3. The predicted molar refractivity (Wildman–Crippen MR) is 95.6 cm³/mol. The number of carboxylic acid groups (broad SMARTS) is 1. The highest BCUT2D eigenvalue weighted by molar-refractivity contribution is 6.00. The summed E-state index contributed by atoms with van der Waals surface area (Å²) < 4.78 is 0. The van der Waals surface area contributed by atoms with Crippen LogP contribution in [0.5, 0.6) is 0 Å². The van der Waals surface area contributed by atoms with Gasteiger partial charge in [-0.1, -0.05) is 37.3 Å². The molecule has 0 aliphatic rings. The van der Waals surface area contributed by atoms with E-state index in [1.807, 2.05) is 38.1 Å². The van der Waals surface area contributed by atoms with Crippen molar-refractivity contribution in [3.8, 4) is 0 Å². The molecule has 0 bridgehead atoms. The number of benzene rings is 2. The lowest BCUT2D eigenvalue weighted by Gasteiger charge is -2.14. The van der Waals surface area contributed by atoms with Gasteiger partial charge in [-0.2, -0.15) is 0 Å². The lowest BCUT2D eigenvalue weighted by Crippen LogP contribution is -2.21. The molecule has 24 heavy (non-hydrogen) atoms. The molecule has 0 fully saturated rings. The molecule has 0 aliphatic carbocycles. The Hall–Kier alpha value is -2.82. The van der Waals surface area contributed by atoms with Gasteiger partial charge in [-0.15, -0.1) is 0 Å². The van der Waals surface area contributed by atoms with Crippen molar-refractivity contribution in [1.82, 2.24) is 0 Å². The zero-order chi connectivity index (χ0) is 17.5. The van der Waals surface area contributed by atoms with Crippen LogP contribution < -0.4 is 10.6 Å². The second-order valence-corrected chi connectivity index (χ2v) is 5.64. The third-order valence-electron chi connectivity index (χ3n) is 3.79. The summed E-state index contributed by atoms with van der Waals surface area (Å²) in [6.45, 7) is 4.01. The number of para-hydroxylation sites is 1. The van der Waals surface area contributed by atoms with Gasteiger partial charge in [-0.25, -0.2) is 4.79 Å². The van der Waals surface area contributed by atoms with E-state index in [-0.39, 0.29) is 12.5 Å². The molecule has 2 rings (SSSR count). The number of carbonyl (C=O) groups excluding carboxylic acids is 1. The van der Waals surface area contributed by atoms with E-state index in [2.05, 4.69) is 10.6 Å². The van der Waals surface area contributed by atoms with Gasteiger partial charge in [-0.05, 0) is 48.6 Å². The van der Waals surface area contributed by atoms with Crippen molar-refractivity contribution in [3.63, 3.8) is 0 Å². The molecule has 3 N–H and O–H groups in total. The van der Waals surface area contributed by atoms with Gasteiger partial charge in [0.05, 0.1) is 0 Å². The Balaban J connectivity index is 2.05. The minimum Gasteiger partial charge on any atom is -0.481 e. The highest BCUT2D eigenvalue weighted by Gasteiger charge is 2.09. The van der Waals surface area contributed by atoms with E-state index in [4.69, 9.17) is 5.11 Å². The standard InChI is InChI=1S/C19H22N2O3/c1-3-15-8-4-6-13(2)18(15)21-19(24)20-16-9-5-7-14(12-16)10-11-17(22)23/h4-9,12H,3,10-11H2,1-2H3,(H,22,23)(H2,20,21,24). The number of nitrogens with one attached hydrogen (secondary N) is 2. The molecular weight excluding hydrogens is 304 g/mol. The smallest absolute Gasteiger partial charge is 0.323 e. The highest BCUT2D eigenvalue weighted by Crippen LogP contribution is 2.21. The van der Waals surface area contributed by atoms with Gasteiger partial charge in [0.2, 0.25) is 0 Å². The van der Waals surface area contributed by atoms with Crippen LogP contribution in [0.25, 0.3) is 0 Å². The minimum absolute atomic E-state index is 0.0682. The topological polar surface area (TPSA) is 78.4 Å². The fourth-order valence-corrected chi connectivity index (χ4v) is 2.53. The monoisotopic (exact) mass is 326 g/mol. The van der Waals surface area contributed by atoms with Gasteiger partial charge in [-0.3, -0.25) is 4.79 Å². The first-order valence-corrected chi connectivity index (χ1v) is 7.97. The minimum atomic E-state index is -0.835. The molecule has 0 radical (unpaired) electrons. The number of aryl methyl sites for hydroxylation is 3. The van der Waals surface area contributed by atoms with E-state index >= 15 is 0 Å². The summed E-state index contributed by atoms with van der Waals surface area (Å²) in [5.74, 6) is -0.835. The molecule has 2 amide bonds. The first-order chi connectivity index (χ1) is 11.5. The highest BCUT2D eigenvalue weighted by atomic mass is 16.4. The summed E-state index contributed by atoms with van der Waals surface area (Å²) in [6.07, 6.45) is 1.34. The second kappa shape index (κ2) is 8.15. The number of amides is 2. The van der Waals surface area contributed by atoms with Gasteiger partial charge in [0.25, 0.3) is 0 Å². The maximum atomic E-state index is 12.3. The van der Waals surface area contributed by atoms with Crippen molar-refractivity contribution in [1.29, 1.82) is 0 Å². The predicted octanol–water partition coefficient (Wildman–Crippen LogP) is 4.22. The van der Waals surface area contributed by atoms with Crippen molar-refractivity contribution < 1.29 is 14.7 Å². The van der Waals surface area contributed by atoms with Crippen molar-refractivity contribution in [3.05, 3.63) is 59.2 Å². The molecule has 0 heterocycles. The maximum Gasteiger partial charge on any atom is 0.323 e. The zero-order valence-corrected chi connectivity index (χ0v) is 13.9. The SMILES string of the molecule is CCc1cccc(C)c1NC(=O)Nc1cccc(CCC(=O)O)c1. The third-order valence-corrected chi connectivity index (χ3v) is 3.79. The third kappa shape index (κ3) is 4.84. The van der Waals surface area contributed by atoms with Gasteiger partial charge < -0.3 is 15.7 Å². The molecule has 0 saturated heterocycles. The zero-order valence-electron chi connectivity index (χ0n) is 13.9. The molecule has 126 valence electrons. The lowest BCUT2D eigenvalue weighted by molar-refractivity contribution is -0.136. The quantitative estimate of drug-likeness (QED) is 0.743. The van der Waals surface area contributed by atoms with Crippen molar-refractivity contribution in [2.45, 2.75) is 33.1 Å². The number of aliphatic carboxylic acids is 1. The fourth-order valence-electron chi connectivity index (χ4n) is 2.53. The summed E-state index contributed by atoms with van der Waals surface area (Å²) in [5, 5.41) is 14.5. The Bertz CT molecular complexity index is 741. The molecule has 0 aliphatic heterocycles. The van der Waals surface area contributed by atoms with Crippen molar-refractivity contribution in [2.24, 2.45) is 0 Å². The lowest BCUT2D eigenvalue weighted by atomic mass is 10.1. The Kier molecular flexibility index (Phi) is 5.95. The molecule has 5 nitrogen and oxygen atoms in total. The van der Waals surface area contributed by atoms with Crippen LogP contribution in [0, 0.1) is 6.92 Å². The largest absolute Gasteiger partial charge is 0.481 e. The summed E-state index contributed by atoms with van der Waals surface area (Å²) in [4.78, 5) is 22.9. The first kappa shape index (κ1) is 17.5. The van der Waals surface area contributed by atoms with Crippen molar-refractivity contribution in [2.75, 3.05) is 10.6 Å². The number of hydrogen-bond donors (Lipinski definition) is 3. The summed E-state index contributed by atoms with van der Waals surface area (Å²) in [5.41, 5.74) is 4.45. The van der Waals surface area contributed by atoms with Crippen LogP contribution in [-0.2, 0) is 17.6 Å². The average Bonchev–Trinajstić information content (AvgIpc) is 2.55. The summed E-state index contributed by atoms with van der Waals surface area (Å²) in [7, 11) is 0. The number of hydrogen-bond acceptors (Lipinski definition) is 2. The Labute approximate surface area is 141 Å². The molecule has 0 unspecified atom stereocenters. The van der Waals surface area contributed by atoms with Crippen LogP contribution in [0.15, 0.2) is 42.5 Å². The van der Waals surface area contributed by atoms with Gasteiger partial charge >= 0.3 is 12.0 Å². The van der Waals surface area contributed by atoms with E-state index in [0.29, 0.717) is 12.1 Å². The number of rotatable bonds is 6. The van der Waals surface area contributed by atoms with Crippen LogP contribution >= 0.6 is 0 Å². The van der Waals surface area contributed by atoms with Crippen LogP contribution in [-0.4, -0.2) is 17.1 Å². The molecule has 0 spiro atoms. The normalized spacial score (nSPS) is 10.2. The number of urea groups is 1. The summed E-state index contributed by atoms with van der Waals surface area (Å²) >= 11 is 0. The number of anilines is 2. The fraction of sp³-hybridized carbons (Fsp3) is 0.263. The first-order valence-electron chi connectivity index (χ1n) is 7.97. The second-order valence-electron chi connectivity index (χ2n) is 5.64. The Morgan fingerprint density at radius 2 is 1.83 bits per heavy atom. The van der Waals surface area contributed by atoms with E-state index in [1.165, 1.54) is 0 Å². The van der Waals surface area contributed by atoms with Gasteiger partial charge in [0, 0.05) is 17.8 Å². The Morgan fingerprint density at radius 1 is 1.08 bits per heavy atom. The number of carbonyl (C=O) groups is 2. The molecular formula is C19H22N2O3. The molecule has 0 saturated carbocycles. The van der Waals surface area contributed by atoms with Crippen LogP contribution in [0.4, 0.5) is 16.2 Å². The van der Waals surface area contributed by atoms with Crippen molar-refractivity contribution >= 4 is 23.4 Å². The molecule has 2 aromatic rings. The van der Waals surface area contributed by atoms with Crippen LogP contribution in [0.3, 0.4) is 0 Å². The number of carboxylic acids is 1. The molecule has 5 heteroatoms. The van der Waals surface area contributed by atoms with E-state index in [0.717, 1.165) is 28.8 Å². The molecule has 2 aromatic carbocycles.